The summed E-state index contributed by atoms with van der Waals surface area (Å²) in [6.45, 7) is 1.78. The van der Waals surface area contributed by atoms with Crippen molar-refractivity contribution in [2.45, 2.75) is 18.9 Å². The summed E-state index contributed by atoms with van der Waals surface area (Å²) in [7, 11) is 6.82. The Balaban J connectivity index is 2.30. The Bertz CT molecular complexity index is 1310. The van der Waals surface area contributed by atoms with Crippen LogP contribution in [0.25, 0.3) is 5.76 Å². The van der Waals surface area contributed by atoms with Gasteiger partial charge in [0, 0.05) is 18.1 Å². The second-order valence-electron chi connectivity index (χ2n) is 7.96. The Labute approximate surface area is 208 Å². The molecule has 1 aromatic heterocycles. The van der Waals surface area contributed by atoms with E-state index in [9.17, 15) is 9.59 Å². The minimum atomic E-state index is -1.73. The molecule has 2 bridgehead atoms. The van der Waals surface area contributed by atoms with Crippen LogP contribution in [0.3, 0.4) is 0 Å². The van der Waals surface area contributed by atoms with E-state index in [0.717, 1.165) is 0 Å². The maximum Gasteiger partial charge on any atom is 0.339 e. The van der Waals surface area contributed by atoms with Crippen molar-refractivity contribution >= 4 is 17.7 Å². The first kappa shape index (κ1) is 24.8. The van der Waals surface area contributed by atoms with E-state index in [1.807, 2.05) is 6.07 Å². The molecular weight excluding hydrogens is 468 g/mol. The average Bonchev–Trinajstić information content (AvgIpc) is 3.26. The van der Waals surface area contributed by atoms with Crippen molar-refractivity contribution in [2.75, 3.05) is 35.5 Å². The molecular formula is C26H26N2O8. The summed E-state index contributed by atoms with van der Waals surface area (Å²) in [5.41, 5.74) is -0.0191. The number of aromatic nitrogens is 2. The highest BCUT2D eigenvalue weighted by Crippen LogP contribution is 2.55. The molecule has 2 aromatic rings. The van der Waals surface area contributed by atoms with Crippen LogP contribution in [0, 0.1) is 0 Å². The highest BCUT2D eigenvalue weighted by molar-refractivity contribution is 6.04. The Kier molecular flexibility index (Phi) is 6.69. The minimum Gasteiger partial charge on any atom is -0.497 e. The summed E-state index contributed by atoms with van der Waals surface area (Å²) in [5, 5.41) is 0. The molecule has 0 radical (unpaired) electrons. The van der Waals surface area contributed by atoms with Crippen molar-refractivity contribution in [3.05, 3.63) is 75.7 Å². The monoisotopic (exact) mass is 494 g/mol. The van der Waals surface area contributed by atoms with Crippen molar-refractivity contribution in [3.8, 4) is 11.9 Å². The zero-order valence-electron chi connectivity index (χ0n) is 20.8. The summed E-state index contributed by atoms with van der Waals surface area (Å²) in [5.74, 6) is -0.675. The number of methoxy groups -OCH3 is 5. The van der Waals surface area contributed by atoms with Crippen LogP contribution in [0.5, 0.6) is 11.9 Å². The van der Waals surface area contributed by atoms with E-state index in [4.69, 9.17) is 28.4 Å². The van der Waals surface area contributed by atoms with Crippen LogP contribution in [0.1, 0.15) is 30.2 Å². The van der Waals surface area contributed by atoms with Crippen molar-refractivity contribution in [1.29, 1.82) is 0 Å². The van der Waals surface area contributed by atoms with Crippen LogP contribution in [-0.4, -0.2) is 57.5 Å². The van der Waals surface area contributed by atoms with Crippen LogP contribution >= 0.6 is 0 Å². The largest absolute Gasteiger partial charge is 0.497 e. The summed E-state index contributed by atoms with van der Waals surface area (Å²) in [6.07, 6.45) is 1.68. The van der Waals surface area contributed by atoms with E-state index in [0.29, 0.717) is 22.5 Å². The smallest absolute Gasteiger partial charge is 0.339 e. The molecule has 1 aromatic carbocycles. The van der Waals surface area contributed by atoms with E-state index in [2.05, 4.69) is 9.97 Å². The van der Waals surface area contributed by atoms with Gasteiger partial charge < -0.3 is 28.4 Å². The molecule has 2 aliphatic rings. The fourth-order valence-corrected chi connectivity index (χ4v) is 4.48. The summed E-state index contributed by atoms with van der Waals surface area (Å²) >= 11 is 0. The first-order valence-corrected chi connectivity index (χ1v) is 11.0. The van der Waals surface area contributed by atoms with Crippen LogP contribution in [0.15, 0.2) is 58.9 Å². The minimum absolute atomic E-state index is 0.0182. The standard InChI is InChI=1S/C26H26N2O8/c1-14-12-16(23(29)33-4)20(24(30)34-5)26(15-10-8-7-9-11-15)21-19(18(36-26)13-17(14)31-2)22(32-3)28-25(27-21)35-6/h7-11,13H,12H2,1-6H3/b17-14+,18-13-,20-16+. The van der Waals surface area contributed by atoms with Gasteiger partial charge in [-0.25, -0.2) is 9.59 Å². The number of carbonyl (C=O) groups excluding carboxylic acids is 2. The third-order valence-electron chi connectivity index (χ3n) is 6.07. The molecule has 0 saturated carbocycles. The van der Waals surface area contributed by atoms with Gasteiger partial charge in [-0.05, 0) is 12.5 Å². The summed E-state index contributed by atoms with van der Waals surface area (Å²) < 4.78 is 33.5. The number of hydrogen-bond donors (Lipinski definition) is 0. The van der Waals surface area contributed by atoms with Gasteiger partial charge in [0.2, 0.25) is 11.5 Å². The van der Waals surface area contributed by atoms with E-state index in [-0.39, 0.29) is 40.9 Å². The van der Waals surface area contributed by atoms with Crippen LogP contribution in [-0.2, 0) is 34.1 Å². The molecule has 0 saturated heterocycles. The lowest BCUT2D eigenvalue weighted by atomic mass is 9.78. The molecule has 1 unspecified atom stereocenters. The highest BCUT2D eigenvalue weighted by atomic mass is 16.5. The number of hydrogen-bond acceptors (Lipinski definition) is 10. The van der Waals surface area contributed by atoms with Crippen molar-refractivity contribution in [3.63, 3.8) is 0 Å². The first-order chi connectivity index (χ1) is 17.4. The molecule has 0 amide bonds. The maximum absolute atomic E-state index is 13.6. The van der Waals surface area contributed by atoms with Gasteiger partial charge in [0.1, 0.15) is 28.3 Å². The van der Waals surface area contributed by atoms with Crippen molar-refractivity contribution < 1.29 is 38.0 Å². The SMILES string of the molecule is COC(=O)/C1=C(\C(=O)OC)C2(c3ccccc3)O/C(=C\C(OC)=C(\C)C1)c1c(OC)nc(OC)nc12. The van der Waals surface area contributed by atoms with Gasteiger partial charge >= 0.3 is 17.9 Å². The van der Waals surface area contributed by atoms with Gasteiger partial charge in [0.05, 0.1) is 41.1 Å². The molecule has 0 N–H and O–H groups in total. The molecule has 1 atom stereocenters. The number of carbonyl (C=O) groups is 2. The number of ether oxygens (including phenoxy) is 6. The summed E-state index contributed by atoms with van der Waals surface area (Å²) in [4.78, 5) is 35.7. The van der Waals surface area contributed by atoms with Crippen LogP contribution in [0.4, 0.5) is 0 Å². The van der Waals surface area contributed by atoms with Crippen molar-refractivity contribution in [1.82, 2.24) is 9.97 Å². The van der Waals surface area contributed by atoms with E-state index >= 15 is 0 Å². The normalized spacial score (nSPS) is 24.1. The molecule has 188 valence electrons. The third kappa shape index (κ3) is 3.74. The lowest BCUT2D eigenvalue weighted by Crippen LogP contribution is -2.37. The maximum atomic E-state index is 13.6. The molecule has 2 aliphatic heterocycles. The van der Waals surface area contributed by atoms with E-state index < -0.39 is 17.5 Å². The number of esters is 2. The van der Waals surface area contributed by atoms with Gasteiger partial charge in [-0.15, -0.1) is 0 Å². The second-order valence-corrected chi connectivity index (χ2v) is 7.96. The molecule has 36 heavy (non-hydrogen) atoms. The van der Waals surface area contributed by atoms with Gasteiger partial charge in [-0.1, -0.05) is 30.3 Å². The van der Waals surface area contributed by atoms with Gasteiger partial charge in [-0.2, -0.15) is 9.97 Å². The zero-order valence-corrected chi connectivity index (χ0v) is 20.8. The van der Waals surface area contributed by atoms with Crippen LogP contribution in [0.2, 0.25) is 0 Å². The fraction of sp³-hybridized carbons (Fsp3) is 0.308. The van der Waals surface area contributed by atoms with Gasteiger partial charge in [0.25, 0.3) is 0 Å². The molecule has 4 rings (SSSR count). The number of nitrogens with zero attached hydrogens (tertiary/aromatic N) is 2. The van der Waals surface area contributed by atoms with Crippen LogP contribution < -0.4 is 9.47 Å². The summed E-state index contributed by atoms with van der Waals surface area (Å²) in [6, 6.07) is 8.90. The fourth-order valence-electron chi connectivity index (χ4n) is 4.48. The number of rotatable bonds is 6. The van der Waals surface area contributed by atoms with Gasteiger partial charge in [-0.3, -0.25) is 0 Å². The topological polar surface area (TPSA) is 115 Å². The zero-order chi connectivity index (χ0) is 26.0. The molecule has 3 heterocycles. The Morgan fingerprint density at radius 2 is 1.61 bits per heavy atom. The second kappa shape index (κ2) is 9.73. The predicted molar refractivity (Wildman–Crippen MR) is 127 cm³/mol. The number of allylic oxidation sites excluding steroid dienone is 2. The number of benzene rings is 1. The first-order valence-electron chi connectivity index (χ1n) is 11.0. The van der Waals surface area contributed by atoms with Gasteiger partial charge in [0.15, 0.2) is 0 Å². The molecule has 0 spiro atoms. The lowest BCUT2D eigenvalue weighted by Gasteiger charge is -2.32. The quantitative estimate of drug-likeness (QED) is 0.555. The Hall–Kier alpha value is -4.34. The molecule has 0 aliphatic carbocycles. The predicted octanol–water partition coefficient (Wildman–Crippen LogP) is 3.08. The Morgan fingerprint density at radius 1 is 0.917 bits per heavy atom. The number of fused-ring (bicyclic) bond motifs is 5. The van der Waals surface area contributed by atoms with Crippen molar-refractivity contribution in [2.24, 2.45) is 0 Å². The molecule has 0 fully saturated rings. The molecule has 10 nitrogen and oxygen atoms in total. The Morgan fingerprint density at radius 3 is 2.19 bits per heavy atom. The highest BCUT2D eigenvalue weighted by Gasteiger charge is 2.56. The van der Waals surface area contributed by atoms with E-state index in [1.54, 1.807) is 37.3 Å². The molecule has 10 heteroatoms. The third-order valence-corrected chi connectivity index (χ3v) is 6.07. The lowest BCUT2D eigenvalue weighted by molar-refractivity contribution is -0.141. The average molecular weight is 495 g/mol. The van der Waals surface area contributed by atoms with E-state index in [1.165, 1.54) is 35.5 Å².